The van der Waals surface area contributed by atoms with Crippen molar-refractivity contribution in [1.82, 2.24) is 24.9 Å². The van der Waals surface area contributed by atoms with Crippen molar-refractivity contribution in [1.29, 1.82) is 0 Å². The lowest BCUT2D eigenvalue weighted by molar-refractivity contribution is 0.0735. The molecule has 8 heteroatoms. The van der Waals surface area contributed by atoms with Gasteiger partial charge in [0.2, 0.25) is 0 Å². The second-order valence-corrected chi connectivity index (χ2v) is 5.87. The molecule has 0 saturated carbocycles. The van der Waals surface area contributed by atoms with Crippen LogP contribution in [0.1, 0.15) is 34.7 Å². The number of aromatic nitrogens is 4. The fourth-order valence-corrected chi connectivity index (χ4v) is 3.21. The van der Waals surface area contributed by atoms with Crippen molar-refractivity contribution in [2.75, 3.05) is 13.1 Å². The zero-order valence-corrected chi connectivity index (χ0v) is 14.5. The van der Waals surface area contributed by atoms with Crippen LogP contribution in [0.15, 0.2) is 6.07 Å². The number of aryl methyl sites for hydroxylation is 2. The summed E-state index contributed by atoms with van der Waals surface area (Å²) in [7, 11) is 1.90. The van der Waals surface area contributed by atoms with Crippen molar-refractivity contribution in [3.8, 4) is 11.3 Å². The van der Waals surface area contributed by atoms with Crippen LogP contribution < -0.4 is 5.73 Å². The van der Waals surface area contributed by atoms with Crippen molar-refractivity contribution in [3.63, 3.8) is 0 Å². The number of hydrogen-bond donors (Lipinski definition) is 2. The van der Waals surface area contributed by atoms with Crippen molar-refractivity contribution in [2.45, 2.75) is 32.7 Å². The Balaban J connectivity index is 0.00000192. The Morgan fingerprint density at radius 3 is 2.83 bits per heavy atom. The highest BCUT2D eigenvalue weighted by Crippen LogP contribution is 2.26. The molecule has 0 radical (unpaired) electrons. The molecular formula is C15H23ClN6O. The fourth-order valence-electron chi connectivity index (χ4n) is 3.21. The maximum absolute atomic E-state index is 12.6. The van der Waals surface area contributed by atoms with Gasteiger partial charge in [0.25, 0.3) is 5.91 Å². The van der Waals surface area contributed by atoms with E-state index < -0.39 is 0 Å². The molecule has 1 aliphatic heterocycles. The number of likely N-dealkylation sites (tertiary alicyclic amines) is 1. The van der Waals surface area contributed by atoms with E-state index in [1.54, 1.807) is 0 Å². The lowest BCUT2D eigenvalue weighted by Gasteiger charge is -2.22. The van der Waals surface area contributed by atoms with Gasteiger partial charge >= 0.3 is 0 Å². The quantitative estimate of drug-likeness (QED) is 0.885. The number of H-pyrrole nitrogens is 1. The molecule has 0 aromatic carbocycles. The first kappa shape index (κ1) is 17.5. The average Bonchev–Trinajstić information content (AvgIpc) is 3.19. The molecule has 0 bridgehead atoms. The van der Waals surface area contributed by atoms with Gasteiger partial charge in [-0.15, -0.1) is 12.4 Å². The molecule has 7 nitrogen and oxygen atoms in total. The monoisotopic (exact) mass is 338 g/mol. The predicted octanol–water partition coefficient (Wildman–Crippen LogP) is 1.41. The highest BCUT2D eigenvalue weighted by atomic mass is 35.5. The van der Waals surface area contributed by atoms with E-state index in [2.05, 4.69) is 15.3 Å². The molecule has 2 aromatic rings. The van der Waals surface area contributed by atoms with Gasteiger partial charge in [0.15, 0.2) is 0 Å². The lowest BCUT2D eigenvalue weighted by atomic mass is 10.1. The minimum Gasteiger partial charge on any atom is -0.333 e. The second-order valence-electron chi connectivity index (χ2n) is 5.87. The number of nitrogens with two attached hydrogens (primary N) is 1. The molecule has 0 aliphatic carbocycles. The smallest absolute Gasteiger partial charge is 0.272 e. The van der Waals surface area contributed by atoms with E-state index in [0.717, 1.165) is 42.0 Å². The predicted molar refractivity (Wildman–Crippen MR) is 90.6 cm³/mol. The molecule has 23 heavy (non-hydrogen) atoms. The normalized spacial score (nSPS) is 17.4. The van der Waals surface area contributed by atoms with E-state index in [9.17, 15) is 4.79 Å². The molecule has 1 fully saturated rings. The number of rotatable bonds is 3. The fraction of sp³-hybridized carbons (Fsp3) is 0.533. The van der Waals surface area contributed by atoms with Crippen molar-refractivity contribution < 1.29 is 4.79 Å². The van der Waals surface area contributed by atoms with E-state index in [4.69, 9.17) is 5.73 Å². The Labute approximate surface area is 141 Å². The SMILES string of the molecule is Cc1nn(C)c(C)c1-c1cc(C(=O)N2CCCC2CN)[nH]n1.Cl. The summed E-state index contributed by atoms with van der Waals surface area (Å²) in [5.74, 6) is -0.0223. The highest BCUT2D eigenvalue weighted by Gasteiger charge is 2.29. The first-order valence-electron chi connectivity index (χ1n) is 7.60. The Hall–Kier alpha value is -1.86. The van der Waals surface area contributed by atoms with Gasteiger partial charge in [0, 0.05) is 37.4 Å². The van der Waals surface area contributed by atoms with E-state index in [1.165, 1.54) is 0 Å². The molecular weight excluding hydrogens is 316 g/mol. The summed E-state index contributed by atoms with van der Waals surface area (Å²) in [4.78, 5) is 14.5. The summed E-state index contributed by atoms with van der Waals surface area (Å²) in [6.45, 7) is 5.22. The van der Waals surface area contributed by atoms with Crippen molar-refractivity contribution in [2.24, 2.45) is 12.8 Å². The molecule has 2 aromatic heterocycles. The number of carbonyl (C=O) groups is 1. The zero-order valence-electron chi connectivity index (χ0n) is 13.7. The molecule has 1 atom stereocenters. The minimum atomic E-state index is -0.0223. The molecule has 1 aliphatic rings. The number of hydrogen-bond acceptors (Lipinski definition) is 4. The lowest BCUT2D eigenvalue weighted by Crippen LogP contribution is -2.40. The average molecular weight is 339 g/mol. The summed E-state index contributed by atoms with van der Waals surface area (Å²) < 4.78 is 1.83. The number of carbonyl (C=O) groups excluding carboxylic acids is 1. The molecule has 3 heterocycles. The summed E-state index contributed by atoms with van der Waals surface area (Å²) in [6.07, 6.45) is 1.99. The second kappa shape index (κ2) is 6.72. The van der Waals surface area contributed by atoms with Crippen LogP contribution in [0, 0.1) is 13.8 Å². The van der Waals surface area contributed by atoms with Gasteiger partial charge in [-0.2, -0.15) is 10.2 Å². The number of nitrogens with one attached hydrogen (secondary N) is 1. The number of nitrogens with zero attached hydrogens (tertiary/aromatic N) is 4. The maximum Gasteiger partial charge on any atom is 0.272 e. The van der Waals surface area contributed by atoms with Crippen LogP contribution in [0.5, 0.6) is 0 Å². The molecule has 1 saturated heterocycles. The first-order valence-corrected chi connectivity index (χ1v) is 7.60. The Kier molecular flexibility index (Phi) is 5.11. The third-order valence-corrected chi connectivity index (χ3v) is 4.48. The Bertz CT molecular complexity index is 707. The van der Waals surface area contributed by atoms with Crippen molar-refractivity contribution in [3.05, 3.63) is 23.1 Å². The molecule has 1 unspecified atom stereocenters. The van der Waals surface area contributed by atoms with Gasteiger partial charge in [-0.05, 0) is 32.8 Å². The largest absolute Gasteiger partial charge is 0.333 e. The molecule has 1 amide bonds. The van der Waals surface area contributed by atoms with Gasteiger partial charge in [0.1, 0.15) is 5.69 Å². The minimum absolute atomic E-state index is 0. The van der Waals surface area contributed by atoms with Crippen LogP contribution in [0.3, 0.4) is 0 Å². The molecule has 3 rings (SSSR count). The van der Waals surface area contributed by atoms with Gasteiger partial charge < -0.3 is 10.6 Å². The van der Waals surface area contributed by atoms with Crippen LogP contribution in [0.2, 0.25) is 0 Å². The summed E-state index contributed by atoms with van der Waals surface area (Å²) in [5.41, 5.74) is 9.94. The van der Waals surface area contributed by atoms with Crippen LogP contribution in [0.4, 0.5) is 0 Å². The third-order valence-electron chi connectivity index (χ3n) is 4.48. The third kappa shape index (κ3) is 2.98. The Morgan fingerprint density at radius 2 is 2.22 bits per heavy atom. The van der Waals surface area contributed by atoms with E-state index >= 15 is 0 Å². The van der Waals surface area contributed by atoms with Crippen LogP contribution in [-0.2, 0) is 7.05 Å². The summed E-state index contributed by atoms with van der Waals surface area (Å²) >= 11 is 0. The summed E-state index contributed by atoms with van der Waals surface area (Å²) in [6, 6.07) is 1.95. The van der Waals surface area contributed by atoms with Gasteiger partial charge in [-0.25, -0.2) is 0 Å². The van der Waals surface area contributed by atoms with Gasteiger partial charge in [-0.3, -0.25) is 14.6 Å². The standard InChI is InChI=1S/C15H22N6O.ClH/c1-9-14(10(2)20(3)19-9)12-7-13(18-17-12)15(22)21-6-4-5-11(21)8-16;/h7,11H,4-6,8,16H2,1-3H3,(H,17,18);1H. The van der Waals surface area contributed by atoms with Crippen molar-refractivity contribution >= 4 is 18.3 Å². The van der Waals surface area contributed by atoms with E-state index in [1.807, 2.05) is 36.5 Å². The van der Waals surface area contributed by atoms with E-state index in [0.29, 0.717) is 12.2 Å². The number of halogens is 1. The molecule has 3 N–H and O–H groups in total. The van der Waals surface area contributed by atoms with Gasteiger partial charge in [0.05, 0.1) is 11.4 Å². The number of aromatic amines is 1. The topological polar surface area (TPSA) is 92.8 Å². The van der Waals surface area contributed by atoms with Crippen LogP contribution >= 0.6 is 12.4 Å². The Morgan fingerprint density at radius 1 is 1.48 bits per heavy atom. The number of amides is 1. The maximum atomic E-state index is 12.6. The zero-order chi connectivity index (χ0) is 15.9. The van der Waals surface area contributed by atoms with E-state index in [-0.39, 0.29) is 24.4 Å². The molecule has 126 valence electrons. The first-order chi connectivity index (χ1) is 10.5. The van der Waals surface area contributed by atoms with Crippen LogP contribution in [-0.4, -0.2) is 49.9 Å². The van der Waals surface area contributed by atoms with Crippen LogP contribution in [0.25, 0.3) is 11.3 Å². The summed E-state index contributed by atoms with van der Waals surface area (Å²) in [5, 5.41) is 11.6. The highest BCUT2D eigenvalue weighted by molar-refractivity contribution is 5.94. The van der Waals surface area contributed by atoms with Gasteiger partial charge in [-0.1, -0.05) is 0 Å². The molecule has 0 spiro atoms.